The van der Waals surface area contributed by atoms with E-state index in [0.29, 0.717) is 6.04 Å². The molecule has 0 aromatic heterocycles. The van der Waals surface area contributed by atoms with Gasteiger partial charge in [0, 0.05) is 17.1 Å². The molecule has 0 amide bonds. The van der Waals surface area contributed by atoms with E-state index in [1.54, 1.807) is 0 Å². The molecule has 0 spiro atoms. The van der Waals surface area contributed by atoms with Crippen LogP contribution in [0.3, 0.4) is 0 Å². The van der Waals surface area contributed by atoms with E-state index in [2.05, 4.69) is 33.2 Å². The van der Waals surface area contributed by atoms with Crippen LogP contribution in [0, 0.1) is 0 Å². The predicted octanol–water partition coefficient (Wildman–Crippen LogP) is 2.51. The average Bonchev–Trinajstić information content (AvgIpc) is 2.37. The minimum atomic E-state index is 0.660. The van der Waals surface area contributed by atoms with Crippen molar-refractivity contribution in [2.45, 2.75) is 18.9 Å². The molecule has 4 heteroatoms. The molecule has 0 bridgehead atoms. The summed E-state index contributed by atoms with van der Waals surface area (Å²) in [6, 6.07) is 8.64. The highest BCUT2D eigenvalue weighted by Gasteiger charge is 2.15. The third kappa shape index (κ3) is 4.59. The Labute approximate surface area is 118 Å². The lowest BCUT2D eigenvalue weighted by Crippen LogP contribution is -2.42. The van der Waals surface area contributed by atoms with Gasteiger partial charge in [-0.2, -0.15) is 0 Å². The van der Waals surface area contributed by atoms with Crippen molar-refractivity contribution in [3.63, 3.8) is 0 Å². The molecule has 3 nitrogen and oxygen atoms in total. The van der Waals surface area contributed by atoms with Crippen LogP contribution in [0.1, 0.15) is 12.8 Å². The molecule has 1 aliphatic heterocycles. The summed E-state index contributed by atoms with van der Waals surface area (Å²) in [6.45, 7) is 4.04. The standard InChI is InChI=1S/C14H21BrN2O/c1-17-8-5-13(6-9-17)16-7-10-18-14-4-2-3-12(15)11-14/h2-4,11,13,16H,5-10H2,1H3. The number of benzene rings is 1. The predicted molar refractivity (Wildman–Crippen MR) is 78.2 cm³/mol. The van der Waals surface area contributed by atoms with Crippen LogP contribution in [0.2, 0.25) is 0 Å². The Hall–Kier alpha value is -0.580. The van der Waals surface area contributed by atoms with Gasteiger partial charge in [0.2, 0.25) is 0 Å². The zero-order valence-corrected chi connectivity index (χ0v) is 12.4. The lowest BCUT2D eigenvalue weighted by Gasteiger charge is -2.29. The summed E-state index contributed by atoms with van der Waals surface area (Å²) in [5.41, 5.74) is 0. The zero-order chi connectivity index (χ0) is 12.8. The van der Waals surface area contributed by atoms with Crippen molar-refractivity contribution in [3.8, 4) is 5.75 Å². The number of hydrogen-bond donors (Lipinski definition) is 1. The largest absolute Gasteiger partial charge is 0.492 e. The van der Waals surface area contributed by atoms with E-state index in [1.165, 1.54) is 25.9 Å². The summed E-state index contributed by atoms with van der Waals surface area (Å²) in [4.78, 5) is 2.39. The number of ether oxygens (including phenoxy) is 1. The molecule has 18 heavy (non-hydrogen) atoms. The lowest BCUT2D eigenvalue weighted by atomic mass is 10.1. The summed E-state index contributed by atoms with van der Waals surface area (Å²) in [5, 5.41) is 3.56. The first kappa shape index (κ1) is 13.8. The monoisotopic (exact) mass is 312 g/mol. The van der Waals surface area contributed by atoms with Gasteiger partial charge < -0.3 is 15.0 Å². The van der Waals surface area contributed by atoms with Gasteiger partial charge in [0.15, 0.2) is 0 Å². The molecule has 0 atom stereocenters. The van der Waals surface area contributed by atoms with Crippen molar-refractivity contribution >= 4 is 15.9 Å². The first-order valence-corrected chi connectivity index (χ1v) is 7.33. The number of nitrogens with one attached hydrogen (secondary N) is 1. The molecule has 0 radical (unpaired) electrons. The Bertz CT molecular complexity index is 365. The Morgan fingerprint density at radius 3 is 2.89 bits per heavy atom. The quantitative estimate of drug-likeness (QED) is 0.846. The van der Waals surface area contributed by atoms with Crippen LogP contribution < -0.4 is 10.1 Å². The maximum absolute atomic E-state index is 5.70. The topological polar surface area (TPSA) is 24.5 Å². The molecule has 1 fully saturated rings. The van der Waals surface area contributed by atoms with Crippen LogP contribution in [0.5, 0.6) is 5.75 Å². The molecule has 1 aliphatic rings. The van der Waals surface area contributed by atoms with Crippen LogP contribution in [0.4, 0.5) is 0 Å². The fourth-order valence-electron chi connectivity index (χ4n) is 2.20. The highest BCUT2D eigenvalue weighted by Crippen LogP contribution is 2.17. The van der Waals surface area contributed by atoms with Crippen LogP contribution >= 0.6 is 15.9 Å². The molecule has 1 aromatic rings. The number of nitrogens with zero attached hydrogens (tertiary/aromatic N) is 1. The van der Waals surface area contributed by atoms with Gasteiger partial charge in [0.1, 0.15) is 12.4 Å². The van der Waals surface area contributed by atoms with E-state index < -0.39 is 0 Å². The van der Waals surface area contributed by atoms with E-state index in [4.69, 9.17) is 4.74 Å². The average molecular weight is 313 g/mol. The third-order valence-electron chi connectivity index (χ3n) is 3.32. The Balaban J connectivity index is 1.61. The minimum Gasteiger partial charge on any atom is -0.492 e. The molecular weight excluding hydrogens is 292 g/mol. The smallest absolute Gasteiger partial charge is 0.120 e. The van der Waals surface area contributed by atoms with Gasteiger partial charge in [-0.25, -0.2) is 0 Å². The highest BCUT2D eigenvalue weighted by atomic mass is 79.9. The van der Waals surface area contributed by atoms with Crippen molar-refractivity contribution in [1.29, 1.82) is 0 Å². The van der Waals surface area contributed by atoms with Gasteiger partial charge in [0.05, 0.1) is 0 Å². The number of rotatable bonds is 5. The molecule has 1 N–H and O–H groups in total. The molecule has 100 valence electrons. The van der Waals surface area contributed by atoms with Crippen LogP contribution in [0.15, 0.2) is 28.7 Å². The molecular formula is C14H21BrN2O. The molecule has 1 aromatic carbocycles. The summed E-state index contributed by atoms with van der Waals surface area (Å²) < 4.78 is 6.75. The van der Waals surface area contributed by atoms with Crippen molar-refractivity contribution in [2.75, 3.05) is 33.3 Å². The Morgan fingerprint density at radius 2 is 2.17 bits per heavy atom. The van der Waals surface area contributed by atoms with Crippen LogP contribution in [-0.4, -0.2) is 44.2 Å². The summed E-state index contributed by atoms with van der Waals surface area (Å²) in [6.07, 6.45) is 2.49. The number of piperidine rings is 1. The third-order valence-corrected chi connectivity index (χ3v) is 3.81. The van der Waals surface area contributed by atoms with Gasteiger partial charge >= 0.3 is 0 Å². The minimum absolute atomic E-state index is 0.660. The molecule has 1 heterocycles. The SMILES string of the molecule is CN1CCC(NCCOc2cccc(Br)c2)CC1. The maximum atomic E-state index is 5.70. The van der Waals surface area contributed by atoms with Crippen LogP contribution in [-0.2, 0) is 0 Å². The summed E-state index contributed by atoms with van der Waals surface area (Å²) in [5.74, 6) is 0.926. The summed E-state index contributed by atoms with van der Waals surface area (Å²) in [7, 11) is 2.19. The van der Waals surface area contributed by atoms with Gasteiger partial charge in [-0.05, 0) is 51.2 Å². The lowest BCUT2D eigenvalue weighted by molar-refractivity contribution is 0.224. The first-order chi connectivity index (χ1) is 8.74. The van der Waals surface area contributed by atoms with Crippen molar-refractivity contribution in [2.24, 2.45) is 0 Å². The molecule has 0 aliphatic carbocycles. The van der Waals surface area contributed by atoms with E-state index in [9.17, 15) is 0 Å². The number of hydrogen-bond acceptors (Lipinski definition) is 3. The molecule has 0 saturated carbocycles. The zero-order valence-electron chi connectivity index (χ0n) is 10.9. The van der Waals surface area contributed by atoms with Gasteiger partial charge in [-0.15, -0.1) is 0 Å². The van der Waals surface area contributed by atoms with E-state index in [0.717, 1.165) is 23.4 Å². The van der Waals surface area contributed by atoms with E-state index in [1.807, 2.05) is 24.3 Å². The second-order valence-corrected chi connectivity index (χ2v) is 5.75. The second-order valence-electron chi connectivity index (χ2n) is 4.84. The molecule has 1 saturated heterocycles. The Morgan fingerprint density at radius 1 is 1.39 bits per heavy atom. The van der Waals surface area contributed by atoms with E-state index in [-0.39, 0.29) is 0 Å². The van der Waals surface area contributed by atoms with E-state index >= 15 is 0 Å². The highest BCUT2D eigenvalue weighted by molar-refractivity contribution is 9.10. The second kappa shape index (κ2) is 7.12. The van der Waals surface area contributed by atoms with Gasteiger partial charge in [0.25, 0.3) is 0 Å². The number of likely N-dealkylation sites (tertiary alicyclic amines) is 1. The summed E-state index contributed by atoms with van der Waals surface area (Å²) >= 11 is 3.44. The normalized spacial score (nSPS) is 17.9. The molecule has 0 unspecified atom stereocenters. The fraction of sp³-hybridized carbons (Fsp3) is 0.571. The van der Waals surface area contributed by atoms with Crippen molar-refractivity contribution < 1.29 is 4.74 Å². The maximum Gasteiger partial charge on any atom is 0.120 e. The van der Waals surface area contributed by atoms with Gasteiger partial charge in [-0.1, -0.05) is 22.0 Å². The first-order valence-electron chi connectivity index (χ1n) is 6.54. The molecule has 2 rings (SSSR count). The fourth-order valence-corrected chi connectivity index (χ4v) is 2.58. The number of halogens is 1. The van der Waals surface area contributed by atoms with Crippen molar-refractivity contribution in [1.82, 2.24) is 10.2 Å². The van der Waals surface area contributed by atoms with Crippen LogP contribution in [0.25, 0.3) is 0 Å². The van der Waals surface area contributed by atoms with Crippen molar-refractivity contribution in [3.05, 3.63) is 28.7 Å². The Kier molecular flexibility index (Phi) is 5.47. The van der Waals surface area contributed by atoms with Gasteiger partial charge in [-0.3, -0.25) is 0 Å².